The topological polar surface area (TPSA) is 24.5 Å². The summed E-state index contributed by atoms with van der Waals surface area (Å²) in [6, 6.07) is 0.690. The van der Waals surface area contributed by atoms with Crippen molar-refractivity contribution in [3.05, 3.63) is 0 Å². The van der Waals surface area contributed by atoms with Crippen molar-refractivity contribution in [2.24, 2.45) is 5.92 Å². The fraction of sp³-hybridized carbons (Fsp3) is 1.00. The predicted octanol–water partition coefficient (Wildman–Crippen LogP) is 2.61. The standard InChI is InChI=1S/C16H32N2OS/c1-12(2)9-17-10-15-5-6-16(19-15)11-18-7-8-20-14(4)13(18)3/h12-17H,5-11H2,1-4H3. The molecule has 0 saturated carbocycles. The second kappa shape index (κ2) is 8.02. The summed E-state index contributed by atoms with van der Waals surface area (Å²) in [5.41, 5.74) is 0. The zero-order chi connectivity index (χ0) is 14.5. The van der Waals surface area contributed by atoms with E-state index in [2.05, 4.69) is 49.7 Å². The Morgan fingerprint density at radius 1 is 1.25 bits per heavy atom. The van der Waals surface area contributed by atoms with Gasteiger partial charge in [-0.2, -0.15) is 11.8 Å². The lowest BCUT2D eigenvalue weighted by molar-refractivity contribution is 0.0164. The molecule has 2 aliphatic rings. The zero-order valence-electron chi connectivity index (χ0n) is 13.6. The third kappa shape index (κ3) is 4.90. The number of thioether (sulfide) groups is 1. The van der Waals surface area contributed by atoms with Gasteiger partial charge in [-0.25, -0.2) is 0 Å². The second-order valence-electron chi connectivity index (χ2n) is 6.82. The molecule has 3 nitrogen and oxygen atoms in total. The molecule has 2 saturated heterocycles. The lowest BCUT2D eigenvalue weighted by Gasteiger charge is -2.38. The number of ether oxygens (including phenoxy) is 1. The lowest BCUT2D eigenvalue weighted by Crippen LogP contribution is -2.47. The van der Waals surface area contributed by atoms with Crippen molar-refractivity contribution in [1.29, 1.82) is 0 Å². The minimum absolute atomic E-state index is 0.436. The van der Waals surface area contributed by atoms with E-state index in [0.29, 0.717) is 18.2 Å². The molecule has 118 valence electrons. The van der Waals surface area contributed by atoms with Crippen molar-refractivity contribution in [3.8, 4) is 0 Å². The summed E-state index contributed by atoms with van der Waals surface area (Å²) in [7, 11) is 0. The highest BCUT2D eigenvalue weighted by Gasteiger charge is 2.31. The summed E-state index contributed by atoms with van der Waals surface area (Å²) in [4.78, 5) is 2.63. The minimum atomic E-state index is 0.436. The van der Waals surface area contributed by atoms with Gasteiger partial charge >= 0.3 is 0 Å². The number of hydrogen-bond donors (Lipinski definition) is 1. The van der Waals surface area contributed by atoms with Crippen molar-refractivity contribution >= 4 is 11.8 Å². The molecular formula is C16H32N2OS. The van der Waals surface area contributed by atoms with Gasteiger partial charge in [-0.1, -0.05) is 20.8 Å². The summed E-state index contributed by atoms with van der Waals surface area (Å²) in [5, 5.41) is 4.28. The van der Waals surface area contributed by atoms with E-state index in [1.807, 2.05) is 0 Å². The van der Waals surface area contributed by atoms with Gasteiger partial charge in [-0.15, -0.1) is 0 Å². The van der Waals surface area contributed by atoms with Crippen molar-refractivity contribution in [3.63, 3.8) is 0 Å². The van der Waals surface area contributed by atoms with Crippen LogP contribution in [0.15, 0.2) is 0 Å². The number of nitrogens with one attached hydrogen (secondary N) is 1. The molecule has 1 N–H and O–H groups in total. The fourth-order valence-corrected chi connectivity index (χ4v) is 4.27. The van der Waals surface area contributed by atoms with Crippen LogP contribution in [0.4, 0.5) is 0 Å². The molecule has 0 aliphatic carbocycles. The first kappa shape index (κ1) is 16.6. The molecule has 4 atom stereocenters. The Labute approximate surface area is 129 Å². The van der Waals surface area contributed by atoms with Gasteiger partial charge in [0, 0.05) is 36.7 Å². The van der Waals surface area contributed by atoms with Crippen molar-refractivity contribution in [2.45, 2.75) is 64.0 Å². The third-order valence-corrected chi connectivity index (χ3v) is 5.91. The Morgan fingerprint density at radius 2 is 2.00 bits per heavy atom. The smallest absolute Gasteiger partial charge is 0.0707 e. The van der Waals surface area contributed by atoms with Crippen LogP contribution in [0.3, 0.4) is 0 Å². The molecule has 4 heteroatoms. The summed E-state index contributed by atoms with van der Waals surface area (Å²) in [5.74, 6) is 2.00. The quantitative estimate of drug-likeness (QED) is 0.815. The van der Waals surface area contributed by atoms with Gasteiger partial charge in [0.05, 0.1) is 12.2 Å². The molecule has 0 aromatic heterocycles. The van der Waals surface area contributed by atoms with Crippen LogP contribution in [-0.4, -0.2) is 60.3 Å². The van der Waals surface area contributed by atoms with E-state index in [4.69, 9.17) is 4.74 Å². The van der Waals surface area contributed by atoms with Crippen LogP contribution in [0.1, 0.15) is 40.5 Å². The van der Waals surface area contributed by atoms with Gasteiger partial charge in [0.2, 0.25) is 0 Å². The summed E-state index contributed by atoms with van der Waals surface area (Å²) < 4.78 is 6.22. The fourth-order valence-electron chi connectivity index (χ4n) is 3.11. The highest BCUT2D eigenvalue weighted by Crippen LogP contribution is 2.27. The van der Waals surface area contributed by atoms with Gasteiger partial charge in [-0.05, 0) is 32.2 Å². The molecule has 0 radical (unpaired) electrons. The zero-order valence-corrected chi connectivity index (χ0v) is 14.4. The van der Waals surface area contributed by atoms with E-state index in [-0.39, 0.29) is 0 Å². The van der Waals surface area contributed by atoms with Crippen molar-refractivity contribution < 1.29 is 4.74 Å². The molecule has 2 aliphatic heterocycles. The number of hydrogen-bond acceptors (Lipinski definition) is 4. The van der Waals surface area contributed by atoms with E-state index < -0.39 is 0 Å². The molecule has 0 aromatic rings. The molecule has 0 aromatic carbocycles. The molecule has 0 bridgehead atoms. The first-order valence-electron chi connectivity index (χ1n) is 8.28. The van der Waals surface area contributed by atoms with E-state index in [1.165, 1.54) is 25.1 Å². The van der Waals surface area contributed by atoms with Gasteiger partial charge < -0.3 is 10.1 Å². The monoisotopic (exact) mass is 300 g/mol. The highest BCUT2D eigenvalue weighted by atomic mass is 32.2. The normalized spacial score (nSPS) is 35.9. The molecule has 0 amide bonds. The maximum atomic E-state index is 6.22. The molecule has 20 heavy (non-hydrogen) atoms. The van der Waals surface area contributed by atoms with Crippen LogP contribution in [0.2, 0.25) is 0 Å². The van der Waals surface area contributed by atoms with Gasteiger partial charge in [0.1, 0.15) is 0 Å². The summed E-state index contributed by atoms with van der Waals surface area (Å²) >= 11 is 2.11. The van der Waals surface area contributed by atoms with E-state index >= 15 is 0 Å². The first-order valence-corrected chi connectivity index (χ1v) is 9.33. The number of rotatable bonds is 6. The van der Waals surface area contributed by atoms with Crippen LogP contribution >= 0.6 is 11.8 Å². The Bertz CT molecular complexity index is 288. The van der Waals surface area contributed by atoms with Crippen LogP contribution in [-0.2, 0) is 4.74 Å². The Hall–Kier alpha value is 0.230. The minimum Gasteiger partial charge on any atom is -0.372 e. The van der Waals surface area contributed by atoms with E-state index in [9.17, 15) is 0 Å². The SMILES string of the molecule is CC(C)CNCC1CCC(CN2CCSC(C)C2C)O1. The molecule has 2 heterocycles. The Balaban J connectivity index is 1.67. The van der Waals surface area contributed by atoms with Crippen LogP contribution in [0.25, 0.3) is 0 Å². The Kier molecular flexibility index (Phi) is 6.66. The van der Waals surface area contributed by atoms with Crippen molar-refractivity contribution in [2.75, 3.05) is 31.9 Å². The number of nitrogens with zero attached hydrogens (tertiary/aromatic N) is 1. The third-order valence-electron chi connectivity index (χ3n) is 4.57. The van der Waals surface area contributed by atoms with Gasteiger partial charge in [-0.3, -0.25) is 4.90 Å². The van der Waals surface area contributed by atoms with E-state index in [1.54, 1.807) is 0 Å². The summed E-state index contributed by atoms with van der Waals surface area (Å²) in [6.45, 7) is 13.7. The van der Waals surface area contributed by atoms with Gasteiger partial charge in [0.25, 0.3) is 0 Å². The van der Waals surface area contributed by atoms with Crippen LogP contribution in [0.5, 0.6) is 0 Å². The molecular weight excluding hydrogens is 268 g/mol. The first-order chi connectivity index (χ1) is 9.56. The highest BCUT2D eigenvalue weighted by molar-refractivity contribution is 8.00. The Morgan fingerprint density at radius 3 is 2.75 bits per heavy atom. The van der Waals surface area contributed by atoms with E-state index in [0.717, 1.165) is 30.8 Å². The molecule has 2 fully saturated rings. The summed E-state index contributed by atoms with van der Waals surface area (Å²) in [6.07, 6.45) is 3.35. The molecule has 4 unspecified atom stereocenters. The lowest BCUT2D eigenvalue weighted by atomic mass is 10.1. The predicted molar refractivity (Wildman–Crippen MR) is 88.6 cm³/mol. The maximum absolute atomic E-state index is 6.22. The van der Waals surface area contributed by atoms with Gasteiger partial charge in [0.15, 0.2) is 0 Å². The largest absolute Gasteiger partial charge is 0.372 e. The average molecular weight is 301 g/mol. The average Bonchev–Trinajstić information content (AvgIpc) is 2.82. The maximum Gasteiger partial charge on any atom is 0.0707 e. The van der Waals surface area contributed by atoms with Crippen molar-refractivity contribution in [1.82, 2.24) is 10.2 Å². The van der Waals surface area contributed by atoms with Crippen LogP contribution in [0, 0.1) is 5.92 Å². The molecule has 0 spiro atoms. The second-order valence-corrected chi connectivity index (χ2v) is 8.31. The molecule has 2 rings (SSSR count). The van der Waals surface area contributed by atoms with Crippen LogP contribution < -0.4 is 5.32 Å².